The second-order valence-electron chi connectivity index (χ2n) is 7.70. The third-order valence-corrected chi connectivity index (χ3v) is 5.41. The third-order valence-electron chi connectivity index (χ3n) is 5.41. The van der Waals surface area contributed by atoms with Crippen molar-refractivity contribution < 1.29 is 18.0 Å². The molecular weight excluding hydrogens is 407 g/mol. The van der Waals surface area contributed by atoms with Crippen LogP contribution in [-0.2, 0) is 30.5 Å². The van der Waals surface area contributed by atoms with Crippen molar-refractivity contribution in [2.24, 2.45) is 0 Å². The van der Waals surface area contributed by atoms with Crippen LogP contribution in [0.15, 0.2) is 36.5 Å². The maximum absolute atomic E-state index is 13.3. The highest BCUT2D eigenvalue weighted by Gasteiger charge is 2.34. The lowest BCUT2D eigenvalue weighted by molar-refractivity contribution is -0.140. The minimum Gasteiger partial charge on any atom is -0.376 e. The van der Waals surface area contributed by atoms with Gasteiger partial charge in [0.1, 0.15) is 0 Å². The molecule has 0 unspecified atom stereocenters. The molecule has 1 aliphatic heterocycles. The highest BCUT2D eigenvalue weighted by atomic mass is 19.4. The second kappa shape index (κ2) is 10.1. The van der Waals surface area contributed by atoms with Crippen molar-refractivity contribution in [3.05, 3.63) is 58.9 Å². The Hall–Kier alpha value is -2.65. The van der Waals surface area contributed by atoms with E-state index in [0.29, 0.717) is 6.54 Å². The first-order chi connectivity index (χ1) is 14.8. The molecule has 1 aliphatic rings. The molecule has 0 saturated heterocycles. The van der Waals surface area contributed by atoms with Crippen LogP contribution in [0.5, 0.6) is 0 Å². The molecule has 168 valence electrons. The Bertz CT molecular complexity index is 903. The van der Waals surface area contributed by atoms with Crippen molar-refractivity contribution in [1.82, 2.24) is 20.1 Å². The number of carbonyl (C=O) groups is 1. The van der Waals surface area contributed by atoms with Crippen molar-refractivity contribution in [3.8, 4) is 0 Å². The van der Waals surface area contributed by atoms with Crippen LogP contribution in [0.3, 0.4) is 0 Å². The molecule has 0 atom stereocenters. The zero-order chi connectivity index (χ0) is 22.4. The average molecular weight is 435 g/mol. The fraction of sp³-hybridized carbons (Fsp3) is 0.455. The van der Waals surface area contributed by atoms with Crippen molar-refractivity contribution >= 4 is 11.6 Å². The summed E-state index contributed by atoms with van der Waals surface area (Å²) in [5.41, 5.74) is 2.35. The van der Waals surface area contributed by atoms with Gasteiger partial charge in [-0.3, -0.25) is 9.78 Å². The SMILES string of the molecule is CNCCN(Cc1ncccc1C(F)(F)F)C(=O)CNc1cccc2c1CCN(C)C2. The molecule has 0 saturated carbocycles. The summed E-state index contributed by atoms with van der Waals surface area (Å²) in [4.78, 5) is 20.5. The van der Waals surface area contributed by atoms with Gasteiger partial charge in [-0.15, -0.1) is 0 Å². The molecule has 1 aromatic heterocycles. The van der Waals surface area contributed by atoms with Crippen LogP contribution < -0.4 is 10.6 Å². The van der Waals surface area contributed by atoms with Crippen LogP contribution in [0.4, 0.5) is 18.9 Å². The number of pyridine rings is 1. The van der Waals surface area contributed by atoms with E-state index < -0.39 is 11.7 Å². The van der Waals surface area contributed by atoms with Crippen molar-refractivity contribution in [2.45, 2.75) is 25.7 Å². The van der Waals surface area contributed by atoms with Crippen molar-refractivity contribution in [1.29, 1.82) is 0 Å². The first-order valence-corrected chi connectivity index (χ1v) is 10.3. The Labute approximate surface area is 180 Å². The summed E-state index contributed by atoms with van der Waals surface area (Å²) in [6.07, 6.45) is -2.32. The van der Waals surface area contributed by atoms with Gasteiger partial charge in [-0.1, -0.05) is 12.1 Å². The second-order valence-corrected chi connectivity index (χ2v) is 7.70. The van der Waals surface area contributed by atoms with Crippen LogP contribution in [0, 0.1) is 0 Å². The van der Waals surface area contributed by atoms with Gasteiger partial charge in [0, 0.05) is 38.1 Å². The van der Waals surface area contributed by atoms with Gasteiger partial charge in [-0.25, -0.2) is 0 Å². The average Bonchev–Trinajstić information content (AvgIpc) is 2.74. The van der Waals surface area contributed by atoms with Crippen molar-refractivity contribution in [2.75, 3.05) is 45.6 Å². The number of hydrogen-bond donors (Lipinski definition) is 2. The Morgan fingerprint density at radius 2 is 2.06 bits per heavy atom. The summed E-state index contributed by atoms with van der Waals surface area (Å²) in [5, 5.41) is 6.14. The molecule has 2 aromatic rings. The zero-order valence-electron chi connectivity index (χ0n) is 17.8. The summed E-state index contributed by atoms with van der Waals surface area (Å²) in [6, 6.07) is 8.22. The van der Waals surface area contributed by atoms with E-state index in [2.05, 4.69) is 33.6 Å². The molecule has 0 aliphatic carbocycles. The van der Waals surface area contributed by atoms with Gasteiger partial charge in [0.25, 0.3) is 0 Å². The molecule has 6 nitrogen and oxygen atoms in total. The van der Waals surface area contributed by atoms with E-state index >= 15 is 0 Å². The minimum atomic E-state index is -4.52. The molecule has 3 rings (SSSR count). The third kappa shape index (κ3) is 5.95. The number of halogens is 3. The smallest absolute Gasteiger partial charge is 0.376 e. The quantitative estimate of drug-likeness (QED) is 0.668. The summed E-state index contributed by atoms with van der Waals surface area (Å²) < 4.78 is 40.0. The molecule has 2 N–H and O–H groups in total. The van der Waals surface area contributed by atoms with Gasteiger partial charge in [-0.05, 0) is 49.8 Å². The number of benzene rings is 1. The fourth-order valence-electron chi connectivity index (χ4n) is 3.74. The zero-order valence-corrected chi connectivity index (χ0v) is 17.8. The standard InChI is InChI=1S/C22H28F3N5O/c1-26-10-12-30(15-20-18(22(23,24)25)6-4-9-27-20)21(31)13-28-19-7-3-5-16-14-29(2)11-8-17(16)19/h3-7,9,26,28H,8,10-15H2,1-2H3. The Balaban J connectivity index is 1.73. The molecule has 9 heteroatoms. The van der Waals surface area contributed by atoms with E-state index in [4.69, 9.17) is 0 Å². The van der Waals surface area contributed by atoms with Gasteiger partial charge in [-0.2, -0.15) is 13.2 Å². The topological polar surface area (TPSA) is 60.5 Å². The van der Waals surface area contributed by atoms with Gasteiger partial charge >= 0.3 is 6.18 Å². The molecule has 2 heterocycles. The number of nitrogens with zero attached hydrogens (tertiary/aromatic N) is 3. The molecule has 0 bridgehead atoms. The molecule has 0 fully saturated rings. The molecule has 31 heavy (non-hydrogen) atoms. The number of rotatable bonds is 8. The first-order valence-electron chi connectivity index (χ1n) is 10.3. The summed E-state index contributed by atoms with van der Waals surface area (Å²) in [5.74, 6) is -0.278. The lowest BCUT2D eigenvalue weighted by Crippen LogP contribution is -2.39. The Kier molecular flexibility index (Phi) is 7.50. The maximum atomic E-state index is 13.3. The van der Waals surface area contributed by atoms with Crippen LogP contribution in [0.25, 0.3) is 0 Å². The highest BCUT2D eigenvalue weighted by Crippen LogP contribution is 2.31. The molecular formula is C22H28F3N5O. The van der Waals surface area contributed by atoms with Crippen LogP contribution >= 0.6 is 0 Å². The van der Waals surface area contributed by atoms with E-state index in [9.17, 15) is 18.0 Å². The van der Waals surface area contributed by atoms with E-state index in [1.165, 1.54) is 28.3 Å². The van der Waals surface area contributed by atoms with Gasteiger partial charge in [0.05, 0.1) is 24.3 Å². The largest absolute Gasteiger partial charge is 0.418 e. The van der Waals surface area contributed by atoms with E-state index in [1.807, 2.05) is 12.1 Å². The number of nitrogens with one attached hydrogen (secondary N) is 2. The summed E-state index contributed by atoms with van der Waals surface area (Å²) in [7, 11) is 3.80. The number of carbonyl (C=O) groups excluding carboxylic acids is 1. The Morgan fingerprint density at radius 3 is 2.81 bits per heavy atom. The number of hydrogen-bond acceptors (Lipinski definition) is 5. The Morgan fingerprint density at radius 1 is 1.26 bits per heavy atom. The predicted molar refractivity (Wildman–Crippen MR) is 114 cm³/mol. The molecule has 0 radical (unpaired) electrons. The highest BCUT2D eigenvalue weighted by molar-refractivity contribution is 5.81. The van der Waals surface area contributed by atoms with E-state index in [1.54, 1.807) is 7.05 Å². The molecule has 0 spiro atoms. The van der Waals surface area contributed by atoms with Gasteiger partial charge < -0.3 is 20.4 Å². The number of likely N-dealkylation sites (N-methyl/N-ethyl adjacent to an activating group) is 2. The van der Waals surface area contributed by atoms with Gasteiger partial charge in [0.2, 0.25) is 5.91 Å². The molecule has 1 amide bonds. The number of aromatic nitrogens is 1. The fourth-order valence-corrected chi connectivity index (χ4v) is 3.74. The number of amides is 1. The monoisotopic (exact) mass is 435 g/mol. The lowest BCUT2D eigenvalue weighted by atomic mass is 9.98. The normalized spacial score (nSPS) is 14.2. The summed E-state index contributed by atoms with van der Waals surface area (Å²) in [6.45, 7) is 2.34. The first kappa shape index (κ1) is 23.0. The maximum Gasteiger partial charge on any atom is 0.418 e. The number of fused-ring (bicyclic) bond motifs is 1. The molecule has 1 aromatic carbocycles. The number of alkyl halides is 3. The minimum absolute atomic E-state index is 0.00416. The summed E-state index contributed by atoms with van der Waals surface area (Å²) >= 11 is 0. The van der Waals surface area contributed by atoms with E-state index in [0.717, 1.165) is 31.3 Å². The van der Waals surface area contributed by atoms with Crippen LogP contribution in [-0.4, -0.2) is 61.0 Å². The van der Waals surface area contributed by atoms with Crippen LogP contribution in [0.1, 0.15) is 22.4 Å². The van der Waals surface area contributed by atoms with Crippen molar-refractivity contribution in [3.63, 3.8) is 0 Å². The van der Waals surface area contributed by atoms with Crippen LogP contribution in [0.2, 0.25) is 0 Å². The number of anilines is 1. The lowest BCUT2D eigenvalue weighted by Gasteiger charge is -2.28. The van der Waals surface area contributed by atoms with E-state index in [-0.39, 0.29) is 31.2 Å². The predicted octanol–water partition coefficient (Wildman–Crippen LogP) is 2.75. The van der Waals surface area contributed by atoms with Gasteiger partial charge in [0.15, 0.2) is 0 Å².